The van der Waals surface area contributed by atoms with E-state index in [0.29, 0.717) is 13.0 Å². The number of hydrogen-bond acceptors (Lipinski definition) is 6. The van der Waals surface area contributed by atoms with Crippen molar-refractivity contribution in [3.05, 3.63) is 72.8 Å². The first-order valence-corrected chi connectivity index (χ1v) is 14.1. The molecule has 0 aliphatic heterocycles. The summed E-state index contributed by atoms with van der Waals surface area (Å²) in [6, 6.07) is 24.0. The molecule has 0 aliphatic carbocycles. The SMILES string of the molecule is C.C.C.CC.CC(C)=O.CC(C)=O.CCC(C)=O.CCNC(=O)CC(C)=O.CCNC(C)=O.c1ccccc1.c1ccccc1. The predicted octanol–water partition coefficient (Wildman–Crippen LogP) is 8.73. The summed E-state index contributed by atoms with van der Waals surface area (Å²) in [7, 11) is 0. The van der Waals surface area contributed by atoms with Crippen LogP contribution in [-0.2, 0) is 28.8 Å². The monoisotopic (exact) mass is 639 g/mol. The van der Waals surface area contributed by atoms with E-state index in [1.54, 1.807) is 6.92 Å². The van der Waals surface area contributed by atoms with Crippen LogP contribution in [0.4, 0.5) is 0 Å². The normalized spacial score (nSPS) is 7.02. The highest BCUT2D eigenvalue weighted by Gasteiger charge is 2.00. The second-order valence-electron chi connectivity index (χ2n) is 8.10. The zero-order valence-electron chi connectivity index (χ0n) is 28.2. The summed E-state index contributed by atoms with van der Waals surface area (Å²) in [5.41, 5.74) is 0. The van der Waals surface area contributed by atoms with Crippen molar-refractivity contribution in [2.45, 2.75) is 118 Å². The minimum atomic E-state index is -0.190. The molecule has 0 saturated carbocycles. The Balaban J connectivity index is -0.0000000477. The maximum Gasteiger partial charge on any atom is 0.227 e. The number of benzene rings is 2. The van der Waals surface area contributed by atoms with Crippen molar-refractivity contribution in [1.29, 1.82) is 0 Å². The van der Waals surface area contributed by atoms with Gasteiger partial charge in [-0.2, -0.15) is 0 Å². The molecule has 2 aromatic rings. The zero-order chi connectivity index (χ0) is 34.2. The van der Waals surface area contributed by atoms with E-state index in [9.17, 15) is 28.8 Å². The molecule has 0 atom stereocenters. The van der Waals surface area contributed by atoms with Crippen LogP contribution in [0.2, 0.25) is 0 Å². The quantitative estimate of drug-likeness (QED) is 0.315. The molecule has 0 aromatic heterocycles. The summed E-state index contributed by atoms with van der Waals surface area (Å²) in [6.45, 7) is 21.5. The molecular formula is C37H70N2O6. The van der Waals surface area contributed by atoms with E-state index in [1.807, 2.05) is 107 Å². The van der Waals surface area contributed by atoms with Gasteiger partial charge in [-0.05, 0) is 55.4 Å². The standard InChI is InChI=1S/C6H11NO2.2C6H6.C4H9NO.C4H8O.2C3H6O.C2H6.3CH4/c1-3-7-6(9)4-5(2)8;2*1-2-4-6-5-3-1;1-3-5-4(2)6;1-3-4(2)5;2*1-3(2)4;1-2;;;/h3-4H2,1-2H3,(H,7,9);2*1-6H;3H2,1-2H3,(H,5,6);3H2,1-2H3;2*1-2H3;1-2H3;3*1H4. The second kappa shape index (κ2) is 59.5. The van der Waals surface area contributed by atoms with E-state index in [4.69, 9.17) is 0 Å². The molecule has 2 rings (SSSR count). The summed E-state index contributed by atoms with van der Waals surface area (Å²) in [5.74, 6) is 0.341. The third-order valence-corrected chi connectivity index (χ3v) is 3.04. The highest BCUT2D eigenvalue weighted by Crippen LogP contribution is 1.81. The van der Waals surface area contributed by atoms with Gasteiger partial charge < -0.3 is 25.0 Å². The molecule has 0 spiro atoms. The van der Waals surface area contributed by atoms with Gasteiger partial charge in [-0.3, -0.25) is 14.4 Å². The Labute approximate surface area is 278 Å². The van der Waals surface area contributed by atoms with Crippen molar-refractivity contribution in [3.63, 3.8) is 0 Å². The summed E-state index contributed by atoms with van der Waals surface area (Å²) in [6.07, 6.45) is 0.674. The smallest absolute Gasteiger partial charge is 0.227 e. The number of rotatable bonds is 5. The van der Waals surface area contributed by atoms with Gasteiger partial charge in [0, 0.05) is 26.4 Å². The van der Waals surface area contributed by atoms with Crippen molar-refractivity contribution in [3.8, 4) is 0 Å². The van der Waals surface area contributed by atoms with Gasteiger partial charge in [0.25, 0.3) is 0 Å². The van der Waals surface area contributed by atoms with Crippen LogP contribution >= 0.6 is 0 Å². The highest BCUT2D eigenvalue weighted by atomic mass is 16.2. The number of nitrogens with one attached hydrogen (secondary N) is 2. The van der Waals surface area contributed by atoms with Crippen LogP contribution in [0, 0.1) is 0 Å². The van der Waals surface area contributed by atoms with Gasteiger partial charge in [0.15, 0.2) is 0 Å². The molecule has 2 N–H and O–H groups in total. The molecule has 0 bridgehead atoms. The first-order chi connectivity index (χ1) is 19.7. The van der Waals surface area contributed by atoms with Crippen LogP contribution in [0.15, 0.2) is 72.8 Å². The molecule has 0 aliphatic rings. The zero-order valence-corrected chi connectivity index (χ0v) is 28.2. The Kier molecular flexibility index (Phi) is 84.7. The topological polar surface area (TPSA) is 126 Å². The largest absolute Gasteiger partial charge is 0.357 e. The summed E-state index contributed by atoms with van der Waals surface area (Å²) in [5, 5.41) is 5.09. The Morgan fingerprint density at radius 3 is 0.733 bits per heavy atom. The average Bonchev–Trinajstić information content (AvgIpc) is 2.92. The van der Waals surface area contributed by atoms with Crippen LogP contribution in [0.25, 0.3) is 0 Å². The van der Waals surface area contributed by atoms with E-state index in [-0.39, 0.29) is 63.6 Å². The molecule has 2 amide bonds. The van der Waals surface area contributed by atoms with E-state index in [0.717, 1.165) is 6.54 Å². The number of hydrogen-bond donors (Lipinski definition) is 2. The van der Waals surface area contributed by atoms with Gasteiger partial charge in [0.05, 0.1) is 6.42 Å². The van der Waals surface area contributed by atoms with Gasteiger partial charge >= 0.3 is 0 Å². The minimum Gasteiger partial charge on any atom is -0.357 e. The third-order valence-electron chi connectivity index (χ3n) is 3.04. The first kappa shape index (κ1) is 64.1. The predicted molar refractivity (Wildman–Crippen MR) is 196 cm³/mol. The lowest BCUT2D eigenvalue weighted by atomic mass is 10.3. The van der Waals surface area contributed by atoms with Crippen LogP contribution in [0.3, 0.4) is 0 Å². The Morgan fingerprint density at radius 1 is 0.444 bits per heavy atom. The molecule has 8 nitrogen and oxygen atoms in total. The van der Waals surface area contributed by atoms with Crippen molar-refractivity contribution >= 4 is 34.9 Å². The number of carbonyl (C=O) groups excluding carboxylic acids is 6. The molecular weight excluding hydrogens is 568 g/mol. The van der Waals surface area contributed by atoms with E-state index >= 15 is 0 Å². The molecule has 0 fully saturated rings. The fourth-order valence-electron chi connectivity index (χ4n) is 1.50. The summed E-state index contributed by atoms with van der Waals surface area (Å²) < 4.78 is 0. The number of carbonyl (C=O) groups is 6. The lowest BCUT2D eigenvalue weighted by molar-refractivity contribution is -0.127. The molecule has 0 heterocycles. The Hall–Kier alpha value is -3.94. The lowest BCUT2D eigenvalue weighted by Crippen LogP contribution is -2.24. The van der Waals surface area contributed by atoms with Gasteiger partial charge in [-0.1, -0.05) is 116 Å². The molecule has 8 heteroatoms. The fraction of sp³-hybridized carbons (Fsp3) is 0.514. The van der Waals surface area contributed by atoms with Gasteiger partial charge in [-0.15, -0.1) is 0 Å². The minimum absolute atomic E-state index is 0. The van der Waals surface area contributed by atoms with Crippen LogP contribution in [0.5, 0.6) is 0 Å². The maximum atomic E-state index is 10.5. The first-order valence-electron chi connectivity index (χ1n) is 14.1. The highest BCUT2D eigenvalue weighted by molar-refractivity contribution is 5.96. The number of amides is 2. The van der Waals surface area contributed by atoms with Crippen LogP contribution in [0.1, 0.15) is 118 Å². The Morgan fingerprint density at radius 2 is 0.644 bits per heavy atom. The van der Waals surface area contributed by atoms with E-state index in [1.165, 1.54) is 41.5 Å². The van der Waals surface area contributed by atoms with Gasteiger partial charge in [0.2, 0.25) is 11.8 Å². The number of Topliss-reactive ketones (excluding diaryl/α,β-unsaturated/α-hetero) is 4. The molecule has 0 radical (unpaired) electrons. The molecule has 2 aromatic carbocycles. The van der Waals surface area contributed by atoms with Crippen LogP contribution in [-0.4, -0.2) is 48.0 Å². The summed E-state index contributed by atoms with van der Waals surface area (Å²) >= 11 is 0. The average molecular weight is 639 g/mol. The third kappa shape index (κ3) is 144. The van der Waals surface area contributed by atoms with Crippen molar-refractivity contribution < 1.29 is 28.8 Å². The molecule has 264 valence electrons. The van der Waals surface area contributed by atoms with Crippen LogP contribution < -0.4 is 10.6 Å². The lowest BCUT2D eigenvalue weighted by Gasteiger charge is -1.96. The van der Waals surface area contributed by atoms with E-state index in [2.05, 4.69) is 10.6 Å². The van der Waals surface area contributed by atoms with Gasteiger partial charge in [-0.25, -0.2) is 0 Å². The maximum absolute atomic E-state index is 10.5. The second-order valence-corrected chi connectivity index (χ2v) is 8.10. The van der Waals surface area contributed by atoms with Crippen molar-refractivity contribution in [1.82, 2.24) is 10.6 Å². The summed E-state index contributed by atoms with van der Waals surface area (Å²) in [4.78, 5) is 59.4. The number of ketones is 4. The molecule has 0 saturated heterocycles. The van der Waals surface area contributed by atoms with Crippen molar-refractivity contribution in [2.75, 3.05) is 13.1 Å². The van der Waals surface area contributed by atoms with Gasteiger partial charge in [0.1, 0.15) is 23.1 Å². The molecule has 0 unspecified atom stereocenters. The van der Waals surface area contributed by atoms with Crippen molar-refractivity contribution in [2.24, 2.45) is 0 Å². The molecule has 45 heavy (non-hydrogen) atoms. The van der Waals surface area contributed by atoms with E-state index < -0.39 is 0 Å². The Bertz CT molecular complexity index is 766. The fourth-order valence-corrected chi connectivity index (χ4v) is 1.50.